The third-order valence-corrected chi connectivity index (χ3v) is 5.13. The molecule has 1 aromatic heterocycles. The van der Waals surface area contributed by atoms with Crippen LogP contribution in [0.5, 0.6) is 0 Å². The zero-order chi connectivity index (χ0) is 16.6. The fourth-order valence-electron chi connectivity index (χ4n) is 2.89. The predicted molar refractivity (Wildman–Crippen MR) is 92.7 cm³/mol. The summed E-state index contributed by atoms with van der Waals surface area (Å²) in [6.45, 7) is 5.92. The first-order valence-corrected chi connectivity index (χ1v) is 8.46. The van der Waals surface area contributed by atoms with E-state index in [1.165, 1.54) is 11.3 Å². The summed E-state index contributed by atoms with van der Waals surface area (Å²) < 4.78 is 0. The van der Waals surface area contributed by atoms with Gasteiger partial charge in [-0.15, -0.1) is 11.3 Å². The van der Waals surface area contributed by atoms with Gasteiger partial charge in [0.25, 0.3) is 11.8 Å². The molecule has 1 N–H and O–H groups in total. The van der Waals surface area contributed by atoms with Gasteiger partial charge in [0, 0.05) is 17.2 Å². The molecule has 23 heavy (non-hydrogen) atoms. The third-order valence-electron chi connectivity index (χ3n) is 4.10. The Labute approximate surface area is 139 Å². The molecule has 1 aromatic rings. The fourth-order valence-corrected chi connectivity index (χ4v) is 3.67. The molecule has 0 bridgehead atoms. The molecule has 0 fully saturated rings. The number of aliphatic imine (C=N–C) groups is 1. The Kier molecular flexibility index (Phi) is 4.13. The number of carbonyl (C=O) groups excluding carboxylic acids is 2. The minimum absolute atomic E-state index is 0.0534. The molecule has 1 atom stereocenters. The summed E-state index contributed by atoms with van der Waals surface area (Å²) in [5, 5.41) is 4.85. The first-order chi connectivity index (χ1) is 11.0. The molecule has 0 aromatic carbocycles. The quantitative estimate of drug-likeness (QED) is 0.903. The lowest BCUT2D eigenvalue weighted by Crippen LogP contribution is -2.36. The van der Waals surface area contributed by atoms with Crippen molar-refractivity contribution >= 4 is 28.9 Å². The van der Waals surface area contributed by atoms with Crippen LogP contribution in [0.4, 0.5) is 0 Å². The molecule has 118 valence electrons. The van der Waals surface area contributed by atoms with Crippen molar-refractivity contribution in [3.63, 3.8) is 0 Å². The van der Waals surface area contributed by atoms with Crippen molar-refractivity contribution in [2.24, 2.45) is 10.9 Å². The molecule has 3 rings (SSSR count). The monoisotopic (exact) mass is 326 g/mol. The summed E-state index contributed by atoms with van der Waals surface area (Å²) in [5.74, 6) is -0.232. The van der Waals surface area contributed by atoms with Crippen LogP contribution in [0.1, 0.15) is 35.5 Å². The Hall–Kier alpha value is -2.27. The Morgan fingerprint density at radius 1 is 1.39 bits per heavy atom. The summed E-state index contributed by atoms with van der Waals surface area (Å²) in [6.07, 6.45) is 6.34. The van der Waals surface area contributed by atoms with E-state index < -0.39 is 0 Å². The molecule has 2 heterocycles. The van der Waals surface area contributed by atoms with Gasteiger partial charge < -0.3 is 5.32 Å². The van der Waals surface area contributed by atoms with E-state index in [4.69, 9.17) is 0 Å². The second-order valence-corrected chi connectivity index (χ2v) is 6.65. The fraction of sp³-hybridized carbons (Fsp3) is 0.278. The van der Waals surface area contributed by atoms with E-state index in [2.05, 4.69) is 10.3 Å². The number of hydrogen-bond donors (Lipinski definition) is 1. The minimum Gasteiger partial charge on any atom is -0.325 e. The van der Waals surface area contributed by atoms with E-state index in [9.17, 15) is 9.59 Å². The molecule has 5 heteroatoms. The maximum Gasteiger partial charge on any atom is 0.287 e. The van der Waals surface area contributed by atoms with Crippen LogP contribution in [0.2, 0.25) is 0 Å². The Morgan fingerprint density at radius 3 is 2.83 bits per heavy atom. The summed E-state index contributed by atoms with van der Waals surface area (Å²) in [5.41, 5.74) is 4.32. The number of carbonyl (C=O) groups is 2. The van der Waals surface area contributed by atoms with Gasteiger partial charge in [-0.2, -0.15) is 0 Å². The van der Waals surface area contributed by atoms with Crippen molar-refractivity contribution in [1.29, 1.82) is 0 Å². The molecule has 2 amide bonds. The summed E-state index contributed by atoms with van der Waals surface area (Å²) in [7, 11) is 0. The Morgan fingerprint density at radius 2 is 2.17 bits per heavy atom. The average molecular weight is 326 g/mol. The van der Waals surface area contributed by atoms with Crippen molar-refractivity contribution in [2.45, 2.75) is 27.2 Å². The van der Waals surface area contributed by atoms with E-state index in [1.54, 1.807) is 6.08 Å². The summed E-state index contributed by atoms with van der Waals surface area (Å²) in [6, 6.07) is 1.84. The third kappa shape index (κ3) is 2.97. The van der Waals surface area contributed by atoms with Gasteiger partial charge in [0.1, 0.15) is 0 Å². The summed E-state index contributed by atoms with van der Waals surface area (Å²) in [4.78, 5) is 29.1. The lowest BCUT2D eigenvalue weighted by molar-refractivity contribution is -0.117. The number of nitrogens with one attached hydrogen (secondary N) is 1. The van der Waals surface area contributed by atoms with Crippen molar-refractivity contribution in [1.82, 2.24) is 5.32 Å². The first kappa shape index (κ1) is 15.6. The normalized spacial score (nSPS) is 22.0. The molecule has 0 saturated carbocycles. The lowest BCUT2D eigenvalue weighted by atomic mass is 9.84. The Balaban J connectivity index is 1.89. The molecule has 0 saturated heterocycles. The van der Waals surface area contributed by atoms with Gasteiger partial charge in [-0.25, -0.2) is 4.99 Å². The smallest absolute Gasteiger partial charge is 0.287 e. The van der Waals surface area contributed by atoms with Gasteiger partial charge in [0.05, 0.1) is 10.6 Å². The van der Waals surface area contributed by atoms with Crippen molar-refractivity contribution < 1.29 is 9.59 Å². The number of allylic oxidation sites excluding steroid dienone is 3. The van der Waals surface area contributed by atoms with Crippen molar-refractivity contribution in [2.75, 3.05) is 0 Å². The number of aryl methyl sites for hydroxylation is 1. The minimum atomic E-state index is -0.248. The number of amides is 2. The van der Waals surface area contributed by atoms with E-state index >= 15 is 0 Å². The molecule has 4 nitrogen and oxygen atoms in total. The molecule has 1 aliphatic heterocycles. The molecule has 0 radical (unpaired) electrons. The molecule has 1 unspecified atom stereocenters. The van der Waals surface area contributed by atoms with E-state index in [1.807, 2.05) is 44.4 Å². The van der Waals surface area contributed by atoms with Gasteiger partial charge in [-0.05, 0) is 49.4 Å². The zero-order valence-corrected chi connectivity index (χ0v) is 14.2. The zero-order valence-electron chi connectivity index (χ0n) is 13.3. The van der Waals surface area contributed by atoms with Gasteiger partial charge in [-0.3, -0.25) is 9.59 Å². The highest BCUT2D eigenvalue weighted by molar-refractivity contribution is 7.12. The highest BCUT2D eigenvalue weighted by atomic mass is 32.1. The van der Waals surface area contributed by atoms with Crippen molar-refractivity contribution in [3.05, 3.63) is 57.0 Å². The van der Waals surface area contributed by atoms with E-state index in [0.717, 1.165) is 22.4 Å². The van der Waals surface area contributed by atoms with Crippen LogP contribution in [0.15, 0.2) is 51.5 Å². The molecule has 1 aliphatic carbocycles. The number of fused-ring (bicyclic) bond motifs is 1. The Bertz CT molecular complexity index is 809. The topological polar surface area (TPSA) is 58.5 Å². The lowest BCUT2D eigenvalue weighted by Gasteiger charge is -2.29. The van der Waals surface area contributed by atoms with Crippen LogP contribution in [0.25, 0.3) is 0 Å². The van der Waals surface area contributed by atoms with Crippen LogP contribution in [-0.2, 0) is 4.79 Å². The average Bonchev–Trinajstić information content (AvgIpc) is 2.94. The molecular weight excluding hydrogens is 308 g/mol. The van der Waals surface area contributed by atoms with E-state index in [-0.39, 0.29) is 17.7 Å². The maximum atomic E-state index is 12.2. The highest BCUT2D eigenvalue weighted by Crippen LogP contribution is 2.31. The number of nitrogens with zero attached hydrogens (tertiary/aromatic N) is 1. The standard InChI is InChI=1S/C18H18N2O2S/c1-4-13-11(3)14-6-5-12(8-15(14)20-17(13)21)19-18(22)16-7-10(2)9-23-16/h5-9,14H,4H2,1-3H3,(H,20,21). The van der Waals surface area contributed by atoms with Crippen LogP contribution >= 0.6 is 11.3 Å². The van der Waals surface area contributed by atoms with Crippen LogP contribution in [0.3, 0.4) is 0 Å². The SMILES string of the molecule is CCC1=C(C)C2C=CC(=NC(=O)c3cc(C)cs3)C=C2NC1=O. The van der Waals surface area contributed by atoms with Gasteiger partial charge in [0.2, 0.25) is 0 Å². The number of hydrogen-bond acceptors (Lipinski definition) is 3. The largest absolute Gasteiger partial charge is 0.325 e. The molecular formula is C18H18N2O2S. The van der Waals surface area contributed by atoms with Crippen LogP contribution < -0.4 is 5.32 Å². The number of rotatable bonds is 2. The second kappa shape index (κ2) is 6.08. The second-order valence-electron chi connectivity index (χ2n) is 5.74. The first-order valence-electron chi connectivity index (χ1n) is 7.58. The van der Waals surface area contributed by atoms with Crippen molar-refractivity contribution in [3.8, 4) is 0 Å². The van der Waals surface area contributed by atoms with Crippen LogP contribution in [0, 0.1) is 12.8 Å². The maximum absolute atomic E-state index is 12.2. The van der Waals surface area contributed by atoms with Gasteiger partial charge in [0.15, 0.2) is 0 Å². The van der Waals surface area contributed by atoms with Gasteiger partial charge >= 0.3 is 0 Å². The predicted octanol–water partition coefficient (Wildman–Crippen LogP) is 3.56. The van der Waals surface area contributed by atoms with Gasteiger partial charge in [-0.1, -0.05) is 18.6 Å². The summed E-state index contributed by atoms with van der Waals surface area (Å²) >= 11 is 1.39. The highest BCUT2D eigenvalue weighted by Gasteiger charge is 2.28. The molecule has 2 aliphatic rings. The van der Waals surface area contributed by atoms with Crippen LogP contribution in [-0.4, -0.2) is 17.5 Å². The van der Waals surface area contributed by atoms with E-state index in [0.29, 0.717) is 17.0 Å². The number of thiophene rings is 1. The molecule has 0 spiro atoms.